The first-order valence-corrected chi connectivity index (χ1v) is 8.73. The van der Waals surface area contributed by atoms with Gasteiger partial charge in [-0.25, -0.2) is 13.1 Å². The van der Waals surface area contributed by atoms with Gasteiger partial charge in [0.05, 0.1) is 4.90 Å². The van der Waals surface area contributed by atoms with Crippen LogP contribution in [0, 0.1) is 0 Å². The summed E-state index contributed by atoms with van der Waals surface area (Å²) in [6, 6.07) is 8.19. The van der Waals surface area contributed by atoms with E-state index in [-0.39, 0.29) is 17.0 Å². The lowest BCUT2D eigenvalue weighted by atomic mass is 10.1. The van der Waals surface area contributed by atoms with E-state index in [1.54, 1.807) is 29.5 Å². The van der Waals surface area contributed by atoms with E-state index in [0.29, 0.717) is 0 Å². The first-order valence-electron chi connectivity index (χ1n) is 6.30. The molecule has 1 aromatic carbocycles. The monoisotopic (exact) mass is 310 g/mol. The van der Waals surface area contributed by atoms with Crippen molar-refractivity contribution in [2.24, 2.45) is 5.73 Å². The molecule has 0 radical (unpaired) electrons. The summed E-state index contributed by atoms with van der Waals surface area (Å²) >= 11 is 1.54. The van der Waals surface area contributed by atoms with Crippen molar-refractivity contribution in [3.63, 3.8) is 0 Å². The molecule has 0 aliphatic rings. The topological polar surface area (TPSA) is 72.2 Å². The Kier molecular flexibility index (Phi) is 4.59. The van der Waals surface area contributed by atoms with Crippen LogP contribution in [0.3, 0.4) is 0 Å². The van der Waals surface area contributed by atoms with Crippen LogP contribution in [-0.4, -0.2) is 8.42 Å². The second kappa shape index (κ2) is 6.05. The van der Waals surface area contributed by atoms with Crippen LogP contribution in [0.4, 0.5) is 0 Å². The third kappa shape index (κ3) is 3.46. The average molecular weight is 310 g/mol. The van der Waals surface area contributed by atoms with E-state index in [9.17, 15) is 8.42 Å². The molecule has 3 N–H and O–H groups in total. The molecule has 0 aliphatic carbocycles. The summed E-state index contributed by atoms with van der Waals surface area (Å²) in [5, 5.41) is 3.86. The van der Waals surface area contributed by atoms with Gasteiger partial charge in [0.25, 0.3) is 0 Å². The van der Waals surface area contributed by atoms with Crippen molar-refractivity contribution in [3.8, 4) is 0 Å². The summed E-state index contributed by atoms with van der Waals surface area (Å²) in [6.45, 7) is 3.65. The summed E-state index contributed by atoms with van der Waals surface area (Å²) in [6.07, 6.45) is 0. The molecular formula is C14H18N2O2S2. The summed E-state index contributed by atoms with van der Waals surface area (Å²) < 4.78 is 27.4. The van der Waals surface area contributed by atoms with Gasteiger partial charge in [-0.2, -0.15) is 11.3 Å². The van der Waals surface area contributed by atoms with Gasteiger partial charge in [-0.05, 0) is 53.9 Å². The van der Waals surface area contributed by atoms with Crippen molar-refractivity contribution in [1.29, 1.82) is 0 Å². The van der Waals surface area contributed by atoms with E-state index in [0.717, 1.165) is 11.1 Å². The largest absolute Gasteiger partial charge is 0.324 e. The highest BCUT2D eigenvalue weighted by molar-refractivity contribution is 7.89. The summed E-state index contributed by atoms with van der Waals surface area (Å²) in [7, 11) is -3.54. The Morgan fingerprint density at radius 1 is 1.20 bits per heavy atom. The Labute approximate surface area is 123 Å². The molecule has 1 aromatic heterocycles. The zero-order valence-corrected chi connectivity index (χ0v) is 13.0. The molecule has 0 amide bonds. The fourth-order valence-electron chi connectivity index (χ4n) is 1.86. The Bertz CT molecular complexity index is 664. The molecule has 2 rings (SSSR count). The quantitative estimate of drug-likeness (QED) is 0.892. The van der Waals surface area contributed by atoms with E-state index in [4.69, 9.17) is 5.73 Å². The number of sulfonamides is 1. The minimum Gasteiger partial charge on any atom is -0.324 e. The molecule has 1 heterocycles. The fraction of sp³-hybridized carbons (Fsp3) is 0.286. The van der Waals surface area contributed by atoms with Crippen LogP contribution in [-0.2, 0) is 10.0 Å². The minimum atomic E-state index is -3.54. The van der Waals surface area contributed by atoms with Crippen molar-refractivity contribution in [2.75, 3.05) is 0 Å². The fourth-order valence-corrected chi connectivity index (χ4v) is 3.90. The summed E-state index contributed by atoms with van der Waals surface area (Å²) in [5.74, 6) is 0. The lowest BCUT2D eigenvalue weighted by Gasteiger charge is -2.14. The predicted octanol–water partition coefficient (Wildman–Crippen LogP) is 2.81. The van der Waals surface area contributed by atoms with E-state index in [2.05, 4.69) is 4.72 Å². The maximum Gasteiger partial charge on any atom is 0.241 e. The van der Waals surface area contributed by atoms with Gasteiger partial charge in [-0.15, -0.1) is 0 Å². The summed E-state index contributed by atoms with van der Waals surface area (Å²) in [4.78, 5) is 0.245. The number of hydrogen-bond donors (Lipinski definition) is 2. The number of rotatable bonds is 5. The van der Waals surface area contributed by atoms with E-state index < -0.39 is 10.0 Å². The number of thiophene rings is 1. The van der Waals surface area contributed by atoms with Gasteiger partial charge >= 0.3 is 0 Å². The Balaban J connectivity index is 2.24. The van der Waals surface area contributed by atoms with E-state index >= 15 is 0 Å². The van der Waals surface area contributed by atoms with Gasteiger partial charge < -0.3 is 5.73 Å². The molecule has 0 spiro atoms. The first-order chi connectivity index (χ1) is 9.40. The number of nitrogens with two attached hydrogens (primary N) is 1. The van der Waals surface area contributed by atoms with Crippen molar-refractivity contribution in [1.82, 2.24) is 4.72 Å². The first kappa shape index (κ1) is 15.2. The molecule has 108 valence electrons. The third-order valence-corrected chi connectivity index (χ3v) is 5.31. The molecular weight excluding hydrogens is 292 g/mol. The number of benzene rings is 1. The molecule has 0 bridgehead atoms. The van der Waals surface area contributed by atoms with Crippen LogP contribution >= 0.6 is 11.3 Å². The van der Waals surface area contributed by atoms with Crippen LogP contribution < -0.4 is 10.5 Å². The second-order valence-corrected chi connectivity index (χ2v) is 7.25. The van der Waals surface area contributed by atoms with Crippen LogP contribution in [0.15, 0.2) is 46.0 Å². The molecule has 2 aromatic rings. The molecule has 0 fully saturated rings. The smallest absolute Gasteiger partial charge is 0.241 e. The normalized spacial score (nSPS) is 14.9. The van der Waals surface area contributed by atoms with Crippen molar-refractivity contribution in [2.45, 2.75) is 30.8 Å². The third-order valence-electron chi connectivity index (χ3n) is 3.07. The van der Waals surface area contributed by atoms with Crippen molar-refractivity contribution in [3.05, 3.63) is 52.2 Å². The van der Waals surface area contributed by atoms with Gasteiger partial charge in [-0.1, -0.05) is 12.1 Å². The second-order valence-electron chi connectivity index (χ2n) is 4.76. The van der Waals surface area contributed by atoms with Crippen LogP contribution in [0.25, 0.3) is 0 Å². The molecule has 6 heteroatoms. The van der Waals surface area contributed by atoms with Crippen LogP contribution in [0.1, 0.15) is 37.1 Å². The van der Waals surface area contributed by atoms with Gasteiger partial charge in [0.15, 0.2) is 0 Å². The SMILES string of the molecule is CC(N)c1cccc(S(=O)(=O)NC(C)c2ccsc2)c1. The Morgan fingerprint density at radius 2 is 1.95 bits per heavy atom. The van der Waals surface area contributed by atoms with Crippen molar-refractivity contribution >= 4 is 21.4 Å². The molecule has 2 unspecified atom stereocenters. The average Bonchev–Trinajstić information content (AvgIpc) is 2.92. The van der Waals surface area contributed by atoms with Gasteiger partial charge in [0.2, 0.25) is 10.0 Å². The van der Waals surface area contributed by atoms with Gasteiger partial charge in [0.1, 0.15) is 0 Å². The summed E-state index contributed by atoms with van der Waals surface area (Å²) in [5.41, 5.74) is 7.55. The van der Waals surface area contributed by atoms with Gasteiger partial charge in [0, 0.05) is 12.1 Å². The number of hydrogen-bond acceptors (Lipinski definition) is 4. The lowest BCUT2D eigenvalue weighted by Crippen LogP contribution is -2.26. The van der Waals surface area contributed by atoms with E-state index in [1.165, 1.54) is 0 Å². The Hall–Kier alpha value is -1.21. The highest BCUT2D eigenvalue weighted by Crippen LogP contribution is 2.20. The van der Waals surface area contributed by atoms with Crippen molar-refractivity contribution < 1.29 is 8.42 Å². The zero-order chi connectivity index (χ0) is 14.8. The molecule has 0 saturated carbocycles. The highest BCUT2D eigenvalue weighted by Gasteiger charge is 2.19. The molecule has 4 nitrogen and oxygen atoms in total. The maximum absolute atomic E-state index is 12.4. The predicted molar refractivity (Wildman–Crippen MR) is 82.1 cm³/mol. The molecule has 0 saturated heterocycles. The highest BCUT2D eigenvalue weighted by atomic mass is 32.2. The molecule has 0 aliphatic heterocycles. The Morgan fingerprint density at radius 3 is 2.55 bits per heavy atom. The van der Waals surface area contributed by atoms with Gasteiger partial charge in [-0.3, -0.25) is 0 Å². The van der Waals surface area contributed by atoms with Crippen LogP contribution in [0.2, 0.25) is 0 Å². The van der Waals surface area contributed by atoms with Crippen LogP contribution in [0.5, 0.6) is 0 Å². The maximum atomic E-state index is 12.4. The molecule has 20 heavy (non-hydrogen) atoms. The standard InChI is InChI=1S/C14H18N2O2S2/c1-10(15)12-4-3-5-14(8-12)20(17,18)16-11(2)13-6-7-19-9-13/h3-11,16H,15H2,1-2H3. The zero-order valence-electron chi connectivity index (χ0n) is 11.4. The van der Waals surface area contributed by atoms with E-state index in [1.807, 2.05) is 36.7 Å². The minimum absolute atomic E-state index is 0.195. The number of nitrogens with one attached hydrogen (secondary N) is 1. The molecule has 2 atom stereocenters. The lowest BCUT2D eigenvalue weighted by molar-refractivity contribution is 0.567.